The molecule has 94 heavy (non-hydrogen) atoms. The quantitative estimate of drug-likeness (QED) is 0.134. The van der Waals surface area contributed by atoms with E-state index in [-0.39, 0.29) is 7.43 Å². The lowest BCUT2D eigenvalue weighted by Gasteiger charge is -2.25. The van der Waals surface area contributed by atoms with Crippen LogP contribution in [-0.2, 0) is 0 Å². The highest BCUT2D eigenvalue weighted by Gasteiger charge is 2.19. The number of para-hydroxylation sites is 2. The summed E-state index contributed by atoms with van der Waals surface area (Å²) in [6.07, 6.45) is 0. The molecule has 0 aliphatic carbocycles. The van der Waals surface area contributed by atoms with Crippen molar-refractivity contribution < 1.29 is 0 Å². The molecule has 14 aromatic carbocycles. The van der Waals surface area contributed by atoms with Gasteiger partial charge in [-0.2, -0.15) is 0 Å². The van der Waals surface area contributed by atoms with Gasteiger partial charge in [-0.25, -0.2) is 0 Å². The predicted octanol–water partition coefficient (Wildman–Crippen LogP) is 27.5. The van der Waals surface area contributed by atoms with Gasteiger partial charge in [0.05, 0.1) is 0 Å². The number of hydrogen-bond acceptors (Lipinski definition) is 8. The molecular formula is C85H61BrN4S4. The van der Waals surface area contributed by atoms with E-state index in [9.17, 15) is 0 Å². The van der Waals surface area contributed by atoms with Gasteiger partial charge in [-0.3, -0.25) is 0 Å². The molecule has 4 aromatic heterocycles. The number of nitrogens with two attached hydrogens (primary N) is 1. The molecule has 9 heteroatoms. The normalized spacial score (nSPS) is 11.2. The fourth-order valence-electron chi connectivity index (χ4n) is 12.5. The van der Waals surface area contributed by atoms with E-state index in [0.29, 0.717) is 0 Å². The minimum Gasteiger partial charge on any atom is -0.399 e. The summed E-state index contributed by atoms with van der Waals surface area (Å²) in [5.74, 6) is 0. The molecule has 0 saturated carbocycles. The van der Waals surface area contributed by atoms with E-state index in [1.807, 2.05) is 87.8 Å². The summed E-state index contributed by atoms with van der Waals surface area (Å²) in [6, 6.07) is 117. The van der Waals surface area contributed by atoms with E-state index in [1.165, 1.54) is 114 Å². The Morgan fingerprint density at radius 3 is 1.06 bits per heavy atom. The number of nitrogens with one attached hydrogen (secondary N) is 1. The zero-order valence-corrected chi connectivity index (χ0v) is 55.0. The number of rotatable bonds is 10. The second-order valence-corrected chi connectivity index (χ2v) is 28.1. The molecule has 0 radical (unpaired) electrons. The van der Waals surface area contributed by atoms with Gasteiger partial charge in [-0.1, -0.05) is 193 Å². The van der Waals surface area contributed by atoms with E-state index in [0.717, 1.165) is 44.3 Å². The molecule has 4 nitrogen and oxygen atoms in total. The van der Waals surface area contributed by atoms with Crippen LogP contribution in [0.1, 0.15) is 7.43 Å². The molecular weight excluding hydrogens is 1290 g/mol. The second-order valence-electron chi connectivity index (χ2n) is 22.9. The smallest absolute Gasteiger partial charge is 0.0476 e. The lowest BCUT2D eigenvalue weighted by atomic mass is 10.1. The van der Waals surface area contributed by atoms with Gasteiger partial charge >= 0.3 is 0 Å². The molecule has 0 atom stereocenters. The fourth-order valence-corrected chi connectivity index (χ4v) is 17.2. The summed E-state index contributed by atoms with van der Waals surface area (Å²) in [4.78, 5) is 4.74. The predicted molar refractivity (Wildman–Crippen MR) is 420 cm³/mol. The number of hydrogen-bond donors (Lipinski definition) is 2. The van der Waals surface area contributed by atoms with Gasteiger partial charge in [0.2, 0.25) is 0 Å². The Morgan fingerprint density at radius 1 is 0.245 bits per heavy atom. The largest absolute Gasteiger partial charge is 0.399 e. The van der Waals surface area contributed by atoms with Crippen molar-refractivity contribution in [2.45, 2.75) is 7.43 Å². The molecule has 0 bridgehead atoms. The van der Waals surface area contributed by atoms with Crippen molar-refractivity contribution in [2.75, 3.05) is 20.9 Å². The van der Waals surface area contributed by atoms with E-state index in [4.69, 9.17) is 5.73 Å². The number of benzene rings is 14. The Morgan fingerprint density at radius 2 is 0.574 bits per heavy atom. The number of halogens is 1. The lowest BCUT2D eigenvalue weighted by Crippen LogP contribution is -2.09. The third-order valence-electron chi connectivity index (χ3n) is 17.0. The standard InChI is InChI=1S/C42H28N2S2.C30H18BrNS2.C12H11N.CH4/c1-3-9-28(10-4-1)29-15-17-30(18-16-29)43-31-19-23-40-37(25-31)36-22-20-34(27-42(36)46-40)44(32-11-5-2-6-12-32)33-21-24-41-38(26-33)35-13-7-8-14-39(35)45-41;31-19-10-14-28-25(16-19)24-13-11-22(18-30(24)34-28)32(20-6-2-1-3-7-20)21-12-15-29-26(17-21)23-8-4-5-9-27(23)33-29;13-12-8-6-11(7-9-12)10-4-2-1-3-5-10;/h1-27,43H;1-18H;1-9H,13H2;1H4. The molecule has 0 amide bonds. The maximum Gasteiger partial charge on any atom is 0.0476 e. The molecule has 0 saturated heterocycles. The van der Waals surface area contributed by atoms with Crippen molar-refractivity contribution in [3.8, 4) is 22.3 Å². The zero-order chi connectivity index (χ0) is 62.2. The minimum atomic E-state index is 0. The summed E-state index contributed by atoms with van der Waals surface area (Å²) >= 11 is 11.1. The van der Waals surface area contributed by atoms with Crippen molar-refractivity contribution in [3.63, 3.8) is 0 Å². The summed E-state index contributed by atoms with van der Waals surface area (Å²) in [5.41, 5.74) is 20.4. The van der Waals surface area contributed by atoms with E-state index < -0.39 is 0 Å². The third-order valence-corrected chi connectivity index (χ3v) is 22.0. The average Bonchev–Trinajstić information content (AvgIpc) is 1.56. The Bertz CT molecular complexity index is 5690. The van der Waals surface area contributed by atoms with Gasteiger partial charge < -0.3 is 20.9 Å². The first-order valence-corrected chi connectivity index (χ1v) is 34.9. The summed E-state index contributed by atoms with van der Waals surface area (Å²) in [5, 5.41) is 14.0. The van der Waals surface area contributed by atoms with Crippen LogP contribution in [0, 0.1) is 0 Å². The average molecular weight is 1350 g/mol. The number of anilines is 9. The third kappa shape index (κ3) is 12.1. The maximum absolute atomic E-state index is 5.60. The zero-order valence-electron chi connectivity index (χ0n) is 50.2. The topological polar surface area (TPSA) is 44.5 Å². The van der Waals surface area contributed by atoms with Crippen LogP contribution in [0.5, 0.6) is 0 Å². The summed E-state index contributed by atoms with van der Waals surface area (Å²) in [6.45, 7) is 0. The molecule has 18 rings (SSSR count). The van der Waals surface area contributed by atoms with Crippen LogP contribution >= 0.6 is 61.3 Å². The van der Waals surface area contributed by atoms with Gasteiger partial charge in [0.15, 0.2) is 0 Å². The van der Waals surface area contributed by atoms with E-state index in [2.05, 4.69) is 316 Å². The summed E-state index contributed by atoms with van der Waals surface area (Å²) in [7, 11) is 0. The molecule has 0 aliphatic heterocycles. The van der Waals surface area contributed by atoms with Crippen molar-refractivity contribution >= 4 is 193 Å². The highest BCUT2D eigenvalue weighted by atomic mass is 79.9. The number of fused-ring (bicyclic) bond motifs is 12. The van der Waals surface area contributed by atoms with E-state index >= 15 is 0 Å². The van der Waals surface area contributed by atoms with Gasteiger partial charge in [0.1, 0.15) is 0 Å². The molecule has 452 valence electrons. The Balaban J connectivity index is 0.000000133. The highest BCUT2D eigenvalue weighted by molar-refractivity contribution is 9.10. The van der Waals surface area contributed by atoms with Gasteiger partial charge in [-0.05, 0) is 180 Å². The van der Waals surface area contributed by atoms with E-state index in [1.54, 1.807) is 0 Å². The fraction of sp³-hybridized carbons (Fsp3) is 0.0118. The second kappa shape index (κ2) is 26.3. The summed E-state index contributed by atoms with van der Waals surface area (Å²) < 4.78 is 11.6. The van der Waals surface area contributed by atoms with Gasteiger partial charge in [0, 0.05) is 136 Å². The number of nitrogen functional groups attached to an aromatic ring is 1. The Kier molecular flexibility index (Phi) is 16.8. The van der Waals surface area contributed by atoms with Crippen LogP contribution in [0.15, 0.2) is 332 Å². The first-order valence-electron chi connectivity index (χ1n) is 30.8. The minimum absolute atomic E-state index is 0. The lowest BCUT2D eigenvalue weighted by molar-refractivity contribution is 1.30. The molecule has 3 N–H and O–H groups in total. The first-order chi connectivity index (χ1) is 45.9. The molecule has 0 aliphatic rings. The molecule has 4 heterocycles. The first kappa shape index (κ1) is 59.9. The Hall–Kier alpha value is -10.4. The maximum atomic E-state index is 5.60. The van der Waals surface area contributed by atoms with Crippen LogP contribution in [0.2, 0.25) is 0 Å². The van der Waals surface area contributed by atoms with Crippen LogP contribution in [-0.4, -0.2) is 0 Å². The highest BCUT2D eigenvalue weighted by Crippen LogP contribution is 2.46. The monoisotopic (exact) mass is 1340 g/mol. The van der Waals surface area contributed by atoms with Crippen LogP contribution in [0.3, 0.4) is 0 Å². The van der Waals surface area contributed by atoms with Gasteiger partial charge in [-0.15, -0.1) is 45.3 Å². The molecule has 18 aromatic rings. The van der Waals surface area contributed by atoms with Crippen LogP contribution in [0.4, 0.5) is 51.2 Å². The molecule has 0 unspecified atom stereocenters. The van der Waals surface area contributed by atoms with Crippen molar-refractivity contribution in [1.82, 2.24) is 0 Å². The van der Waals surface area contributed by atoms with Crippen LogP contribution in [0.25, 0.3) is 103 Å². The van der Waals surface area contributed by atoms with Gasteiger partial charge in [0.25, 0.3) is 0 Å². The Labute approximate surface area is 571 Å². The number of nitrogens with zero attached hydrogens (tertiary/aromatic N) is 2. The van der Waals surface area contributed by atoms with Crippen molar-refractivity contribution in [1.29, 1.82) is 0 Å². The van der Waals surface area contributed by atoms with Crippen molar-refractivity contribution in [2.24, 2.45) is 0 Å². The number of thiophene rings is 4. The van der Waals surface area contributed by atoms with Crippen molar-refractivity contribution in [3.05, 3.63) is 332 Å². The SMILES string of the molecule is Brc1ccc2sc3cc(N(c4ccccc4)c4ccc5sc6ccccc6c5c4)ccc3c2c1.C.Nc1ccc(-c2ccccc2)cc1.c1ccc(-c2ccc(Nc3ccc4sc5cc(N(c6ccccc6)c6ccc7sc8ccccc8c7c6)ccc5c4c3)cc2)cc1. The molecule has 0 spiro atoms. The molecule has 0 fully saturated rings. The van der Waals surface area contributed by atoms with Crippen LogP contribution < -0.4 is 20.9 Å².